The summed E-state index contributed by atoms with van der Waals surface area (Å²) in [7, 11) is -2.68. The molecule has 2 atom stereocenters. The summed E-state index contributed by atoms with van der Waals surface area (Å²) >= 11 is 7.97. The number of thiophene rings is 1. The molecule has 1 aliphatic rings. The Labute approximate surface area is 180 Å². The third-order valence-corrected chi connectivity index (χ3v) is 7.42. The van der Waals surface area contributed by atoms with E-state index in [4.69, 9.17) is 21.4 Å². The predicted molar refractivity (Wildman–Crippen MR) is 116 cm³/mol. The van der Waals surface area contributed by atoms with Crippen molar-refractivity contribution in [2.24, 2.45) is 5.92 Å². The van der Waals surface area contributed by atoms with E-state index in [0.717, 1.165) is 16.9 Å². The van der Waals surface area contributed by atoms with Crippen LogP contribution in [0.5, 0.6) is 0 Å². The van der Waals surface area contributed by atoms with Crippen molar-refractivity contribution in [3.05, 3.63) is 51.4 Å². The molecule has 1 aliphatic carbocycles. The van der Waals surface area contributed by atoms with E-state index >= 15 is 0 Å². The van der Waals surface area contributed by atoms with Crippen molar-refractivity contribution < 1.29 is 12.8 Å². The number of halogens is 1. The fraction of sp³-hybridized carbons (Fsp3) is 0.421. The molecular formula is C19H23ClN4O3S2. The van der Waals surface area contributed by atoms with E-state index in [-0.39, 0.29) is 23.4 Å². The van der Waals surface area contributed by atoms with Gasteiger partial charge >= 0.3 is 0 Å². The van der Waals surface area contributed by atoms with E-state index in [1.165, 1.54) is 17.7 Å². The van der Waals surface area contributed by atoms with E-state index in [1.54, 1.807) is 6.92 Å². The van der Waals surface area contributed by atoms with Crippen LogP contribution in [0.15, 0.2) is 35.1 Å². The molecule has 0 amide bonds. The van der Waals surface area contributed by atoms with Crippen LogP contribution in [0.1, 0.15) is 48.8 Å². The third kappa shape index (κ3) is 4.96. The summed E-state index contributed by atoms with van der Waals surface area (Å²) < 4.78 is 28.5. The van der Waals surface area contributed by atoms with Crippen molar-refractivity contribution in [3.63, 3.8) is 0 Å². The van der Waals surface area contributed by atoms with Crippen LogP contribution in [0.3, 0.4) is 0 Å². The molecule has 7 nitrogen and oxygen atoms in total. The molecule has 2 N–H and O–H groups in total. The first-order valence-electron chi connectivity index (χ1n) is 9.12. The number of aromatic nitrogens is 2. The van der Waals surface area contributed by atoms with Crippen LogP contribution < -0.4 is 5.32 Å². The molecule has 0 fully saturated rings. The zero-order chi connectivity index (χ0) is 21.2. The second kappa shape index (κ2) is 8.81. The molecule has 1 unspecified atom stereocenters. The molecular weight excluding hydrogens is 432 g/mol. The molecule has 0 radical (unpaired) electrons. The number of thiol groups is 1. The Morgan fingerprint density at radius 1 is 1.52 bits per heavy atom. The van der Waals surface area contributed by atoms with Crippen molar-refractivity contribution in [3.8, 4) is 0 Å². The highest BCUT2D eigenvalue weighted by Gasteiger charge is 2.34. The van der Waals surface area contributed by atoms with Gasteiger partial charge in [0.15, 0.2) is 0 Å². The summed E-state index contributed by atoms with van der Waals surface area (Å²) in [4.78, 5) is 1.60. The Morgan fingerprint density at radius 2 is 2.28 bits per heavy atom. The van der Waals surface area contributed by atoms with E-state index in [0.29, 0.717) is 15.8 Å². The van der Waals surface area contributed by atoms with Gasteiger partial charge in [-0.2, -0.15) is 0 Å². The molecule has 0 spiro atoms. The molecule has 2 aromatic heterocycles. The van der Waals surface area contributed by atoms with Crippen LogP contribution in [0.4, 0.5) is 0 Å². The number of hydrogen-bond donors (Lipinski definition) is 3. The summed E-state index contributed by atoms with van der Waals surface area (Å²) in [5, 5.41) is 19.5. The fourth-order valence-corrected chi connectivity index (χ4v) is 5.63. The topological polar surface area (TPSA) is 109 Å². The van der Waals surface area contributed by atoms with Crippen LogP contribution in [0, 0.1) is 11.3 Å². The Bertz CT molecular complexity index is 1020. The summed E-state index contributed by atoms with van der Waals surface area (Å²) in [6, 6.07) is 1.84. The fourth-order valence-electron chi connectivity index (χ4n) is 3.12. The number of amidine groups is 1. The van der Waals surface area contributed by atoms with E-state index in [9.17, 15) is 8.42 Å². The second-order valence-electron chi connectivity index (χ2n) is 7.45. The molecule has 2 aromatic rings. The van der Waals surface area contributed by atoms with Gasteiger partial charge in [-0.25, -0.2) is 8.42 Å². The lowest BCUT2D eigenvalue weighted by atomic mass is 9.95. The molecule has 29 heavy (non-hydrogen) atoms. The first kappa shape index (κ1) is 21.7. The molecule has 156 valence electrons. The minimum absolute atomic E-state index is 0.0171. The quantitative estimate of drug-likeness (QED) is 0.332. The van der Waals surface area contributed by atoms with Crippen molar-refractivity contribution >= 4 is 45.1 Å². The molecule has 10 heteroatoms. The van der Waals surface area contributed by atoms with Crippen molar-refractivity contribution in [2.45, 2.75) is 38.6 Å². The van der Waals surface area contributed by atoms with Gasteiger partial charge in [0.25, 0.3) is 0 Å². The largest absolute Gasteiger partial charge is 0.427 e. The predicted octanol–water partition coefficient (Wildman–Crippen LogP) is 3.96. The van der Waals surface area contributed by atoms with Crippen LogP contribution in [0.25, 0.3) is 5.57 Å². The SMILES string of the molecule is CC(C)C(=N)N[C@@](C)(C[SH](=O)=O)c1sc(C2=CC(c3nnco3)CC=C2)cc1Cl. The Kier molecular flexibility index (Phi) is 6.60. The third-order valence-electron chi connectivity index (χ3n) is 4.67. The van der Waals surface area contributed by atoms with Gasteiger partial charge in [0.1, 0.15) is 10.7 Å². The Balaban J connectivity index is 1.97. The van der Waals surface area contributed by atoms with E-state index in [1.807, 2.05) is 32.1 Å². The highest BCUT2D eigenvalue weighted by molar-refractivity contribution is 7.72. The maximum absolute atomic E-state index is 11.6. The Morgan fingerprint density at radius 3 is 2.90 bits per heavy atom. The number of nitrogens with one attached hydrogen (secondary N) is 2. The maximum Gasteiger partial charge on any atom is 0.223 e. The molecule has 0 saturated carbocycles. The lowest BCUT2D eigenvalue weighted by Gasteiger charge is -2.30. The smallest absolute Gasteiger partial charge is 0.223 e. The first-order chi connectivity index (χ1) is 13.7. The van der Waals surface area contributed by atoms with Crippen LogP contribution >= 0.6 is 22.9 Å². The van der Waals surface area contributed by atoms with E-state index < -0.39 is 16.2 Å². The number of rotatable bonds is 7. The lowest BCUT2D eigenvalue weighted by Crippen LogP contribution is -2.47. The van der Waals surface area contributed by atoms with Crippen molar-refractivity contribution in [2.75, 3.05) is 5.75 Å². The molecule has 0 aliphatic heterocycles. The number of nitrogens with zero attached hydrogens (tertiary/aromatic N) is 2. The summed E-state index contributed by atoms with van der Waals surface area (Å²) in [6.07, 6.45) is 8.17. The normalized spacial score (nSPS) is 18.7. The highest BCUT2D eigenvalue weighted by atomic mass is 35.5. The van der Waals surface area contributed by atoms with Gasteiger partial charge in [0.2, 0.25) is 12.3 Å². The summed E-state index contributed by atoms with van der Waals surface area (Å²) in [5.74, 6) is 0.586. The average molecular weight is 455 g/mol. The average Bonchev–Trinajstić information content (AvgIpc) is 3.31. The van der Waals surface area contributed by atoms with Crippen LogP contribution in [0.2, 0.25) is 5.02 Å². The zero-order valence-electron chi connectivity index (χ0n) is 16.3. The van der Waals surface area contributed by atoms with Gasteiger partial charge in [-0.3, -0.25) is 5.41 Å². The number of allylic oxidation sites excluding steroid dienone is 4. The van der Waals surface area contributed by atoms with Gasteiger partial charge in [-0.15, -0.1) is 21.5 Å². The lowest BCUT2D eigenvalue weighted by molar-refractivity contribution is 0.473. The number of hydrogen-bond acceptors (Lipinski definition) is 7. The molecule has 0 saturated heterocycles. The van der Waals surface area contributed by atoms with Crippen molar-refractivity contribution in [1.29, 1.82) is 5.41 Å². The van der Waals surface area contributed by atoms with Gasteiger partial charge in [0.05, 0.1) is 28.1 Å². The van der Waals surface area contributed by atoms with Crippen LogP contribution in [-0.2, 0) is 16.2 Å². The van der Waals surface area contributed by atoms with E-state index in [2.05, 4.69) is 21.6 Å². The van der Waals surface area contributed by atoms with Crippen LogP contribution in [-0.4, -0.2) is 30.2 Å². The molecule has 2 heterocycles. The van der Waals surface area contributed by atoms with Gasteiger partial charge in [-0.05, 0) is 25.0 Å². The highest BCUT2D eigenvalue weighted by Crippen LogP contribution is 2.41. The molecule has 0 bridgehead atoms. The second-order valence-corrected chi connectivity index (χ2v) is 9.89. The molecule has 3 rings (SSSR count). The molecule has 0 aromatic carbocycles. The van der Waals surface area contributed by atoms with Gasteiger partial charge in [0, 0.05) is 15.7 Å². The van der Waals surface area contributed by atoms with Gasteiger partial charge in [-0.1, -0.05) is 43.7 Å². The van der Waals surface area contributed by atoms with Crippen molar-refractivity contribution in [1.82, 2.24) is 15.5 Å². The minimum atomic E-state index is -2.68. The monoisotopic (exact) mass is 454 g/mol. The van der Waals surface area contributed by atoms with Gasteiger partial charge < -0.3 is 9.73 Å². The maximum atomic E-state index is 11.6. The first-order valence-corrected chi connectivity index (χ1v) is 11.7. The standard InChI is InChI=1S/C19H23ClN4O3S2/c1-11(2)17(21)23-19(3,9-29(25)26)16-14(20)8-15(28-16)12-5-4-6-13(7-12)18-24-22-10-27-18/h4-5,7-8,10-11,13,29H,6,9H2,1-3H3,(H2,21,23)/t13?,19-/m0/s1. The summed E-state index contributed by atoms with van der Waals surface area (Å²) in [5.41, 5.74) is -0.0214. The Hall–Kier alpha value is -1.97. The zero-order valence-corrected chi connectivity index (χ0v) is 18.8. The minimum Gasteiger partial charge on any atom is -0.427 e. The summed E-state index contributed by atoms with van der Waals surface area (Å²) in [6.45, 7) is 5.52.